The maximum Gasteiger partial charge on any atom is 0.0509 e. The monoisotopic (exact) mass is 261 g/mol. The number of rotatable bonds is 7. The van der Waals surface area contributed by atoms with E-state index in [2.05, 4.69) is 42.6 Å². The molecule has 0 amide bonds. The summed E-state index contributed by atoms with van der Waals surface area (Å²) < 4.78 is 5.66. The Hall–Kier alpha value is -0.860. The number of aryl methyl sites for hydroxylation is 1. The lowest BCUT2D eigenvalue weighted by molar-refractivity contribution is 0.0380. The molecular weight excluding hydrogens is 234 g/mol. The molecule has 0 spiro atoms. The van der Waals surface area contributed by atoms with Crippen molar-refractivity contribution in [3.8, 4) is 0 Å². The number of benzene rings is 1. The van der Waals surface area contributed by atoms with E-state index in [1.54, 1.807) is 0 Å². The van der Waals surface area contributed by atoms with Crippen molar-refractivity contribution in [1.82, 2.24) is 5.32 Å². The highest BCUT2D eigenvalue weighted by Gasteiger charge is 2.23. The summed E-state index contributed by atoms with van der Waals surface area (Å²) >= 11 is 0. The van der Waals surface area contributed by atoms with Crippen LogP contribution in [0.15, 0.2) is 30.3 Å². The van der Waals surface area contributed by atoms with Gasteiger partial charge in [-0.1, -0.05) is 37.3 Å². The van der Waals surface area contributed by atoms with Crippen LogP contribution >= 0.6 is 0 Å². The van der Waals surface area contributed by atoms with Crippen LogP contribution in [0.1, 0.15) is 38.2 Å². The van der Waals surface area contributed by atoms with E-state index in [1.807, 2.05) is 0 Å². The van der Waals surface area contributed by atoms with Crippen molar-refractivity contribution in [3.63, 3.8) is 0 Å². The molecule has 2 atom stereocenters. The Morgan fingerprint density at radius 2 is 2.16 bits per heavy atom. The van der Waals surface area contributed by atoms with E-state index < -0.39 is 0 Å². The van der Waals surface area contributed by atoms with Gasteiger partial charge in [0.05, 0.1) is 6.61 Å². The fourth-order valence-electron chi connectivity index (χ4n) is 2.88. The maximum atomic E-state index is 5.66. The fourth-order valence-corrected chi connectivity index (χ4v) is 2.88. The molecular formula is C17H27NO. The topological polar surface area (TPSA) is 21.3 Å². The van der Waals surface area contributed by atoms with Crippen molar-refractivity contribution in [2.45, 2.75) is 45.1 Å². The Morgan fingerprint density at radius 3 is 2.84 bits per heavy atom. The molecule has 0 bridgehead atoms. The van der Waals surface area contributed by atoms with Crippen LogP contribution in [0.2, 0.25) is 0 Å². The summed E-state index contributed by atoms with van der Waals surface area (Å²) in [5, 5.41) is 3.73. The molecule has 1 aliphatic rings. The third kappa shape index (κ3) is 4.96. The van der Waals surface area contributed by atoms with Crippen LogP contribution < -0.4 is 5.32 Å². The summed E-state index contributed by atoms with van der Waals surface area (Å²) in [6.07, 6.45) is 6.13. The average molecular weight is 261 g/mol. The van der Waals surface area contributed by atoms with E-state index in [-0.39, 0.29) is 0 Å². The molecule has 1 heterocycles. The van der Waals surface area contributed by atoms with Crippen molar-refractivity contribution < 1.29 is 4.74 Å². The van der Waals surface area contributed by atoms with Crippen molar-refractivity contribution in [2.75, 3.05) is 19.8 Å². The Balaban J connectivity index is 1.85. The lowest BCUT2D eigenvalue weighted by Gasteiger charge is -2.31. The van der Waals surface area contributed by atoms with E-state index in [0.29, 0.717) is 12.0 Å². The molecule has 0 saturated carbocycles. The Kier molecular flexibility index (Phi) is 6.38. The normalized spacial score (nSPS) is 21.2. The Morgan fingerprint density at radius 1 is 1.32 bits per heavy atom. The fraction of sp³-hybridized carbons (Fsp3) is 0.647. The van der Waals surface area contributed by atoms with Gasteiger partial charge in [-0.3, -0.25) is 0 Å². The molecule has 0 aromatic heterocycles. The van der Waals surface area contributed by atoms with Gasteiger partial charge in [0.1, 0.15) is 0 Å². The largest absolute Gasteiger partial charge is 0.381 e. The molecule has 2 unspecified atom stereocenters. The second-order valence-electron chi connectivity index (χ2n) is 5.56. The Labute approximate surface area is 117 Å². The highest BCUT2D eigenvalue weighted by Crippen LogP contribution is 2.21. The summed E-state index contributed by atoms with van der Waals surface area (Å²) in [4.78, 5) is 0. The maximum absolute atomic E-state index is 5.66. The smallest absolute Gasteiger partial charge is 0.0509 e. The predicted molar refractivity (Wildman–Crippen MR) is 80.4 cm³/mol. The summed E-state index contributed by atoms with van der Waals surface area (Å²) in [5.41, 5.74) is 1.45. The van der Waals surface area contributed by atoms with Gasteiger partial charge in [0, 0.05) is 12.6 Å². The van der Waals surface area contributed by atoms with Gasteiger partial charge in [-0.15, -0.1) is 0 Å². The molecule has 1 fully saturated rings. The second-order valence-corrected chi connectivity index (χ2v) is 5.56. The van der Waals surface area contributed by atoms with Crippen molar-refractivity contribution in [2.24, 2.45) is 5.92 Å². The molecule has 1 saturated heterocycles. The minimum atomic E-state index is 0.612. The van der Waals surface area contributed by atoms with Crippen LogP contribution in [-0.2, 0) is 11.2 Å². The zero-order valence-corrected chi connectivity index (χ0v) is 12.1. The van der Waals surface area contributed by atoms with Crippen LogP contribution in [0.5, 0.6) is 0 Å². The zero-order chi connectivity index (χ0) is 13.3. The standard InChI is InChI=1S/C17H27NO/c1-2-12-18-17(16-9-6-13-19-14-16)11-10-15-7-4-3-5-8-15/h3-5,7-8,16-18H,2,6,9-14H2,1H3. The van der Waals surface area contributed by atoms with E-state index >= 15 is 0 Å². The van der Waals surface area contributed by atoms with Gasteiger partial charge in [0.15, 0.2) is 0 Å². The molecule has 1 aromatic rings. The molecule has 1 N–H and O–H groups in total. The van der Waals surface area contributed by atoms with Crippen molar-refractivity contribution in [1.29, 1.82) is 0 Å². The molecule has 2 rings (SSSR count). The summed E-state index contributed by atoms with van der Waals surface area (Å²) in [6, 6.07) is 11.4. The molecule has 2 heteroatoms. The van der Waals surface area contributed by atoms with Gasteiger partial charge >= 0.3 is 0 Å². The zero-order valence-electron chi connectivity index (χ0n) is 12.1. The highest BCUT2D eigenvalue weighted by atomic mass is 16.5. The quantitative estimate of drug-likeness (QED) is 0.812. The van der Waals surface area contributed by atoms with Gasteiger partial charge in [0.2, 0.25) is 0 Å². The van der Waals surface area contributed by atoms with Crippen LogP contribution in [0.4, 0.5) is 0 Å². The molecule has 19 heavy (non-hydrogen) atoms. The Bertz CT molecular complexity index is 332. The van der Waals surface area contributed by atoms with Gasteiger partial charge < -0.3 is 10.1 Å². The van der Waals surface area contributed by atoms with Gasteiger partial charge in [0.25, 0.3) is 0 Å². The first kappa shape index (κ1) is 14.5. The van der Waals surface area contributed by atoms with Crippen LogP contribution in [0.25, 0.3) is 0 Å². The first-order valence-corrected chi connectivity index (χ1v) is 7.75. The van der Waals surface area contributed by atoms with Crippen LogP contribution in [0, 0.1) is 5.92 Å². The average Bonchev–Trinajstić information content (AvgIpc) is 2.49. The van der Waals surface area contributed by atoms with Crippen molar-refractivity contribution >= 4 is 0 Å². The number of ether oxygens (including phenoxy) is 1. The first-order valence-electron chi connectivity index (χ1n) is 7.75. The molecule has 106 valence electrons. The van der Waals surface area contributed by atoms with E-state index in [1.165, 1.54) is 37.7 Å². The molecule has 2 nitrogen and oxygen atoms in total. The molecule has 1 aliphatic heterocycles. The van der Waals surface area contributed by atoms with Gasteiger partial charge in [-0.05, 0) is 50.1 Å². The lowest BCUT2D eigenvalue weighted by atomic mass is 9.89. The van der Waals surface area contributed by atoms with E-state index in [9.17, 15) is 0 Å². The van der Waals surface area contributed by atoms with Crippen LogP contribution in [-0.4, -0.2) is 25.8 Å². The van der Waals surface area contributed by atoms with E-state index in [4.69, 9.17) is 4.74 Å². The molecule has 0 aliphatic carbocycles. The number of hydrogen-bond donors (Lipinski definition) is 1. The van der Waals surface area contributed by atoms with Crippen LogP contribution in [0.3, 0.4) is 0 Å². The summed E-state index contributed by atoms with van der Waals surface area (Å²) in [6.45, 7) is 5.25. The lowest BCUT2D eigenvalue weighted by Crippen LogP contribution is -2.41. The second kappa shape index (κ2) is 8.34. The molecule has 1 aromatic carbocycles. The van der Waals surface area contributed by atoms with Gasteiger partial charge in [-0.2, -0.15) is 0 Å². The van der Waals surface area contributed by atoms with Gasteiger partial charge in [-0.25, -0.2) is 0 Å². The first-order chi connectivity index (χ1) is 9.40. The molecule has 0 radical (unpaired) electrons. The third-order valence-electron chi connectivity index (χ3n) is 4.01. The summed E-state index contributed by atoms with van der Waals surface area (Å²) in [5.74, 6) is 0.698. The number of nitrogens with one attached hydrogen (secondary N) is 1. The highest BCUT2D eigenvalue weighted by molar-refractivity contribution is 5.14. The van der Waals surface area contributed by atoms with Crippen molar-refractivity contribution in [3.05, 3.63) is 35.9 Å². The predicted octanol–water partition coefficient (Wildman–Crippen LogP) is 3.41. The SMILES string of the molecule is CCCNC(CCc1ccccc1)C1CCCOC1. The minimum absolute atomic E-state index is 0.612. The number of hydrogen-bond acceptors (Lipinski definition) is 2. The third-order valence-corrected chi connectivity index (χ3v) is 4.01. The summed E-state index contributed by atoms with van der Waals surface area (Å²) in [7, 11) is 0. The van der Waals surface area contributed by atoms with E-state index in [0.717, 1.165) is 19.8 Å². The minimum Gasteiger partial charge on any atom is -0.381 e.